The summed E-state index contributed by atoms with van der Waals surface area (Å²) in [6, 6.07) is 6.05. The Morgan fingerprint density at radius 3 is 2.83 bits per heavy atom. The fraction of sp³-hybridized carbons (Fsp3) is 0.438. The minimum atomic E-state index is -0.293. The molecule has 1 heterocycles. The molecule has 6 nitrogen and oxygen atoms in total. The highest BCUT2D eigenvalue weighted by Crippen LogP contribution is 2.25. The molecule has 1 aromatic carbocycles. The number of hydrogen-bond donors (Lipinski definition) is 1. The topological polar surface area (TPSA) is 77.2 Å². The maximum absolute atomic E-state index is 12.8. The number of nitrogens with zero attached hydrogens (tertiary/aromatic N) is 2. The Hall–Kier alpha value is -2.44. The molecule has 0 spiro atoms. The normalized spacial score (nSPS) is 14.3. The summed E-state index contributed by atoms with van der Waals surface area (Å²) in [5, 5.41) is 6.59. The lowest BCUT2D eigenvalue weighted by molar-refractivity contribution is -0.123. The van der Waals surface area contributed by atoms with Crippen LogP contribution in [0.2, 0.25) is 0 Å². The SMILES string of the molecule is O=C(COc1nc(Cc2ccc(F)cc2)no1)NCC1CCC1. The van der Waals surface area contributed by atoms with E-state index in [1.165, 1.54) is 31.4 Å². The van der Waals surface area contributed by atoms with Gasteiger partial charge in [-0.15, -0.1) is 0 Å². The molecule has 1 N–H and O–H groups in total. The molecule has 3 rings (SSSR count). The van der Waals surface area contributed by atoms with E-state index >= 15 is 0 Å². The molecule has 0 atom stereocenters. The molecule has 0 saturated heterocycles. The Morgan fingerprint density at radius 2 is 2.13 bits per heavy atom. The predicted molar refractivity (Wildman–Crippen MR) is 79.3 cm³/mol. The van der Waals surface area contributed by atoms with Crippen LogP contribution >= 0.6 is 0 Å². The number of hydrogen-bond acceptors (Lipinski definition) is 5. The second-order valence-electron chi connectivity index (χ2n) is 5.67. The molecule has 1 amide bonds. The zero-order chi connectivity index (χ0) is 16.1. The largest absolute Gasteiger partial charge is 0.439 e. The van der Waals surface area contributed by atoms with Gasteiger partial charge in [0, 0.05) is 13.0 Å². The summed E-state index contributed by atoms with van der Waals surface area (Å²) in [5.74, 6) is 0.528. The Bertz CT molecular complexity index is 653. The molecule has 0 unspecified atom stereocenters. The van der Waals surface area contributed by atoms with Crippen LogP contribution in [0.4, 0.5) is 4.39 Å². The summed E-state index contributed by atoms with van der Waals surface area (Å²) in [4.78, 5) is 15.7. The molecule has 1 aromatic heterocycles. The van der Waals surface area contributed by atoms with E-state index < -0.39 is 0 Å². The number of halogens is 1. The van der Waals surface area contributed by atoms with Gasteiger partial charge in [0.2, 0.25) is 0 Å². The van der Waals surface area contributed by atoms with Gasteiger partial charge in [-0.3, -0.25) is 9.32 Å². The molecule has 0 bridgehead atoms. The van der Waals surface area contributed by atoms with E-state index in [1.807, 2.05) is 0 Å². The summed E-state index contributed by atoms with van der Waals surface area (Å²) >= 11 is 0. The van der Waals surface area contributed by atoms with Crippen molar-refractivity contribution in [3.05, 3.63) is 41.5 Å². The second-order valence-corrected chi connectivity index (χ2v) is 5.67. The van der Waals surface area contributed by atoms with Crippen LogP contribution in [-0.4, -0.2) is 29.2 Å². The third-order valence-electron chi connectivity index (χ3n) is 3.86. The van der Waals surface area contributed by atoms with Gasteiger partial charge in [0.15, 0.2) is 12.4 Å². The van der Waals surface area contributed by atoms with Crippen molar-refractivity contribution in [1.82, 2.24) is 15.5 Å². The highest BCUT2D eigenvalue weighted by Gasteiger charge is 2.18. The second kappa shape index (κ2) is 7.21. The summed E-state index contributed by atoms with van der Waals surface area (Å²) in [6.45, 7) is 0.548. The number of benzene rings is 1. The van der Waals surface area contributed by atoms with Gasteiger partial charge in [-0.1, -0.05) is 23.7 Å². The van der Waals surface area contributed by atoms with E-state index in [9.17, 15) is 9.18 Å². The minimum Gasteiger partial charge on any atom is -0.439 e. The number of amides is 1. The van der Waals surface area contributed by atoms with Crippen molar-refractivity contribution >= 4 is 5.91 Å². The van der Waals surface area contributed by atoms with Gasteiger partial charge in [0.25, 0.3) is 5.91 Å². The zero-order valence-electron chi connectivity index (χ0n) is 12.6. The summed E-state index contributed by atoms with van der Waals surface area (Å²) in [7, 11) is 0. The van der Waals surface area contributed by atoms with Crippen molar-refractivity contribution in [3.8, 4) is 6.08 Å². The molecule has 7 heteroatoms. The number of carbonyl (C=O) groups is 1. The summed E-state index contributed by atoms with van der Waals surface area (Å²) in [5.41, 5.74) is 0.858. The third-order valence-corrected chi connectivity index (χ3v) is 3.86. The van der Waals surface area contributed by atoms with Crippen LogP contribution in [-0.2, 0) is 11.2 Å². The Labute approximate surface area is 133 Å². The van der Waals surface area contributed by atoms with Crippen molar-refractivity contribution in [2.24, 2.45) is 5.92 Å². The van der Waals surface area contributed by atoms with E-state index in [2.05, 4.69) is 15.5 Å². The average molecular weight is 319 g/mol. The number of aromatic nitrogens is 2. The lowest BCUT2D eigenvalue weighted by atomic mass is 9.85. The van der Waals surface area contributed by atoms with E-state index in [-0.39, 0.29) is 24.4 Å². The van der Waals surface area contributed by atoms with Crippen LogP contribution in [0.15, 0.2) is 28.8 Å². The first kappa shape index (κ1) is 15.5. The Balaban J connectivity index is 1.43. The smallest absolute Gasteiger partial charge is 0.417 e. The molecule has 1 aliphatic rings. The van der Waals surface area contributed by atoms with Gasteiger partial charge >= 0.3 is 6.08 Å². The highest BCUT2D eigenvalue weighted by molar-refractivity contribution is 5.77. The molecule has 122 valence electrons. The van der Waals surface area contributed by atoms with Crippen LogP contribution in [0.5, 0.6) is 6.08 Å². The first-order valence-corrected chi connectivity index (χ1v) is 7.65. The fourth-order valence-corrected chi connectivity index (χ4v) is 2.29. The maximum Gasteiger partial charge on any atom is 0.417 e. The van der Waals surface area contributed by atoms with Crippen LogP contribution < -0.4 is 10.1 Å². The molecule has 1 aliphatic carbocycles. The van der Waals surface area contributed by atoms with E-state index in [4.69, 9.17) is 9.26 Å². The Kier molecular flexibility index (Phi) is 4.85. The Morgan fingerprint density at radius 1 is 1.35 bits per heavy atom. The number of carbonyl (C=O) groups excluding carboxylic acids is 1. The fourth-order valence-electron chi connectivity index (χ4n) is 2.29. The predicted octanol–water partition coefficient (Wildman–Crippen LogP) is 2.09. The van der Waals surface area contributed by atoms with Crippen LogP contribution in [0.25, 0.3) is 0 Å². The minimum absolute atomic E-state index is 0.0408. The van der Waals surface area contributed by atoms with Gasteiger partial charge in [0.05, 0.1) is 0 Å². The molecular formula is C16H18FN3O3. The van der Waals surface area contributed by atoms with Crippen LogP contribution in [0.1, 0.15) is 30.7 Å². The lowest BCUT2D eigenvalue weighted by Crippen LogP contribution is -2.35. The molecule has 2 aromatic rings. The van der Waals surface area contributed by atoms with E-state index in [1.54, 1.807) is 12.1 Å². The number of ether oxygens (including phenoxy) is 1. The quantitative estimate of drug-likeness (QED) is 0.845. The molecule has 0 radical (unpaired) electrons. The molecule has 1 saturated carbocycles. The van der Waals surface area contributed by atoms with Gasteiger partial charge < -0.3 is 10.1 Å². The number of nitrogens with one attached hydrogen (secondary N) is 1. The van der Waals surface area contributed by atoms with Crippen molar-refractivity contribution in [2.75, 3.05) is 13.2 Å². The molecule has 1 fully saturated rings. The van der Waals surface area contributed by atoms with Crippen molar-refractivity contribution in [1.29, 1.82) is 0 Å². The van der Waals surface area contributed by atoms with Gasteiger partial charge in [-0.05, 0) is 36.5 Å². The molecule has 0 aliphatic heterocycles. The first-order valence-electron chi connectivity index (χ1n) is 7.65. The average Bonchev–Trinajstić information content (AvgIpc) is 2.93. The van der Waals surface area contributed by atoms with Gasteiger partial charge in [-0.25, -0.2) is 4.39 Å². The molecule has 23 heavy (non-hydrogen) atoms. The maximum atomic E-state index is 12.8. The van der Waals surface area contributed by atoms with Crippen molar-refractivity contribution in [3.63, 3.8) is 0 Å². The lowest BCUT2D eigenvalue weighted by Gasteiger charge is -2.25. The monoisotopic (exact) mass is 319 g/mol. The van der Waals surface area contributed by atoms with E-state index in [0.717, 1.165) is 5.56 Å². The zero-order valence-corrected chi connectivity index (χ0v) is 12.6. The first-order chi connectivity index (χ1) is 11.2. The van der Waals surface area contributed by atoms with E-state index in [0.29, 0.717) is 24.7 Å². The van der Waals surface area contributed by atoms with Crippen molar-refractivity contribution in [2.45, 2.75) is 25.7 Å². The van der Waals surface area contributed by atoms with Crippen LogP contribution in [0.3, 0.4) is 0 Å². The van der Waals surface area contributed by atoms with Crippen LogP contribution in [0, 0.1) is 11.7 Å². The standard InChI is InChI=1S/C16H18FN3O3/c17-13-6-4-11(5-7-13)8-14-19-16(23-20-14)22-10-15(21)18-9-12-2-1-3-12/h4-7,12H,1-3,8-10H2,(H,18,21). The molecular weight excluding hydrogens is 301 g/mol. The van der Waals surface area contributed by atoms with Crippen molar-refractivity contribution < 1.29 is 18.4 Å². The van der Waals surface area contributed by atoms with Gasteiger partial charge in [-0.2, -0.15) is 4.98 Å². The number of rotatable bonds is 7. The third kappa shape index (κ3) is 4.51. The summed E-state index contributed by atoms with van der Waals surface area (Å²) in [6.07, 6.45) is 3.97. The highest BCUT2D eigenvalue weighted by atomic mass is 19.1. The summed E-state index contributed by atoms with van der Waals surface area (Å²) < 4.78 is 22.9. The van der Waals surface area contributed by atoms with Gasteiger partial charge in [0.1, 0.15) is 5.82 Å².